The first-order valence-electron chi connectivity index (χ1n) is 7.25. The van der Waals surface area contributed by atoms with Crippen molar-refractivity contribution < 1.29 is 9.59 Å². The van der Waals surface area contributed by atoms with E-state index in [-0.39, 0.29) is 11.9 Å². The number of aryl methyl sites for hydroxylation is 1. The molecular weight excluding hydrogens is 306 g/mol. The van der Waals surface area contributed by atoms with Crippen LogP contribution in [0.4, 0.5) is 5.69 Å². The number of carbonyl (C=O) groups is 2. The molecule has 0 fully saturated rings. The number of amides is 2. The van der Waals surface area contributed by atoms with Gasteiger partial charge in [-0.1, -0.05) is 12.1 Å². The van der Waals surface area contributed by atoms with Gasteiger partial charge in [-0.2, -0.15) is 0 Å². The Bertz CT molecular complexity index is 784. The van der Waals surface area contributed by atoms with Crippen LogP contribution in [0.3, 0.4) is 0 Å². The van der Waals surface area contributed by atoms with Gasteiger partial charge in [-0.25, -0.2) is 0 Å². The van der Waals surface area contributed by atoms with Crippen molar-refractivity contribution in [3.63, 3.8) is 0 Å². The van der Waals surface area contributed by atoms with Crippen molar-refractivity contribution in [3.05, 3.63) is 64.7 Å². The van der Waals surface area contributed by atoms with Crippen LogP contribution in [-0.2, 0) is 6.54 Å². The van der Waals surface area contributed by atoms with Gasteiger partial charge in [0.25, 0.3) is 5.91 Å². The normalized spacial score (nSPS) is 10.0. The molecule has 124 valence electrons. The highest BCUT2D eigenvalue weighted by atomic mass is 16.2. The molecule has 2 amide bonds. The molecular formula is C17H19N5O2. The van der Waals surface area contributed by atoms with Crippen LogP contribution in [0, 0.1) is 12.3 Å². The molecule has 7 nitrogen and oxygen atoms in total. The average Bonchev–Trinajstić information content (AvgIpc) is 2.53. The molecule has 24 heavy (non-hydrogen) atoms. The second-order valence-corrected chi connectivity index (χ2v) is 5.31. The summed E-state index contributed by atoms with van der Waals surface area (Å²) in [5, 5.41) is 12.6. The maximum absolute atomic E-state index is 12.3. The lowest BCUT2D eigenvalue weighted by Crippen LogP contribution is -2.29. The predicted molar refractivity (Wildman–Crippen MR) is 92.8 cm³/mol. The van der Waals surface area contributed by atoms with Crippen molar-refractivity contribution in [3.8, 4) is 0 Å². The van der Waals surface area contributed by atoms with E-state index in [0.29, 0.717) is 28.9 Å². The summed E-state index contributed by atoms with van der Waals surface area (Å²) in [5.41, 5.74) is 13.6. The summed E-state index contributed by atoms with van der Waals surface area (Å²) in [7, 11) is 0. The van der Waals surface area contributed by atoms with Gasteiger partial charge < -0.3 is 22.1 Å². The van der Waals surface area contributed by atoms with Crippen molar-refractivity contribution in [1.29, 1.82) is 5.41 Å². The molecule has 0 spiro atoms. The summed E-state index contributed by atoms with van der Waals surface area (Å²) < 4.78 is 0. The zero-order chi connectivity index (χ0) is 17.7. The molecule has 0 atom stereocenters. The third-order valence-corrected chi connectivity index (χ3v) is 3.45. The molecule has 2 aromatic carbocycles. The Labute approximate surface area is 139 Å². The summed E-state index contributed by atoms with van der Waals surface area (Å²) in [6.45, 7) is 2.17. The Kier molecular flexibility index (Phi) is 5.16. The molecule has 0 aliphatic rings. The number of guanidine groups is 1. The van der Waals surface area contributed by atoms with Gasteiger partial charge in [-0.3, -0.25) is 15.0 Å². The van der Waals surface area contributed by atoms with Gasteiger partial charge >= 0.3 is 0 Å². The van der Waals surface area contributed by atoms with Crippen LogP contribution in [0.15, 0.2) is 42.5 Å². The molecule has 0 saturated heterocycles. The monoisotopic (exact) mass is 325 g/mol. The lowest BCUT2D eigenvalue weighted by molar-refractivity contribution is 0.0994. The lowest BCUT2D eigenvalue weighted by Gasteiger charge is -2.09. The number of nitrogens with one attached hydrogen (secondary N) is 3. The Hall–Kier alpha value is -3.35. The molecule has 7 N–H and O–H groups in total. The second kappa shape index (κ2) is 7.28. The fourth-order valence-corrected chi connectivity index (χ4v) is 2.19. The molecule has 0 aliphatic carbocycles. The third-order valence-electron chi connectivity index (χ3n) is 3.45. The minimum absolute atomic E-state index is 0.0952. The first kappa shape index (κ1) is 17.0. The molecule has 2 rings (SSSR count). The van der Waals surface area contributed by atoms with E-state index >= 15 is 0 Å². The van der Waals surface area contributed by atoms with Crippen LogP contribution < -0.4 is 22.1 Å². The van der Waals surface area contributed by atoms with Crippen molar-refractivity contribution in [2.45, 2.75) is 13.5 Å². The van der Waals surface area contributed by atoms with Crippen molar-refractivity contribution in [2.75, 3.05) is 5.32 Å². The van der Waals surface area contributed by atoms with Gasteiger partial charge in [-0.05, 0) is 48.4 Å². The maximum atomic E-state index is 12.3. The fraction of sp³-hybridized carbons (Fsp3) is 0.118. The number of nitrogens with two attached hydrogens (primary N) is 2. The molecule has 2 aromatic rings. The van der Waals surface area contributed by atoms with Crippen molar-refractivity contribution in [1.82, 2.24) is 5.32 Å². The number of hydrogen-bond acceptors (Lipinski definition) is 3. The summed E-state index contributed by atoms with van der Waals surface area (Å²) in [4.78, 5) is 23.5. The number of hydrogen-bond donors (Lipinski definition) is 5. The third kappa shape index (κ3) is 4.33. The SMILES string of the molecule is Cc1cc(C(=O)Nc2ccc(CNC(=N)N)cc2)ccc1C(N)=O. The molecule has 0 aliphatic heterocycles. The smallest absolute Gasteiger partial charge is 0.255 e. The predicted octanol–water partition coefficient (Wildman–Crippen LogP) is 1.33. The lowest BCUT2D eigenvalue weighted by atomic mass is 10.0. The zero-order valence-corrected chi connectivity index (χ0v) is 13.2. The van der Waals surface area contributed by atoms with Crippen LogP contribution in [-0.4, -0.2) is 17.8 Å². The van der Waals surface area contributed by atoms with Crippen LogP contribution in [0.2, 0.25) is 0 Å². The summed E-state index contributed by atoms with van der Waals surface area (Å²) in [6.07, 6.45) is 0. The number of rotatable bonds is 5. The summed E-state index contributed by atoms with van der Waals surface area (Å²) >= 11 is 0. The Balaban J connectivity index is 2.05. The number of carbonyl (C=O) groups excluding carboxylic acids is 2. The summed E-state index contributed by atoms with van der Waals surface area (Å²) in [6, 6.07) is 11.9. The average molecular weight is 325 g/mol. The van der Waals surface area contributed by atoms with Gasteiger partial charge in [0.1, 0.15) is 0 Å². The topological polar surface area (TPSA) is 134 Å². The van der Waals surface area contributed by atoms with E-state index in [2.05, 4.69) is 10.6 Å². The standard InChI is InChI=1S/C17H19N5O2/c1-10-8-12(4-7-14(10)15(18)23)16(24)22-13-5-2-11(3-6-13)9-21-17(19)20/h2-8H,9H2,1H3,(H2,18,23)(H,22,24)(H4,19,20,21). The maximum Gasteiger partial charge on any atom is 0.255 e. The molecule has 0 radical (unpaired) electrons. The zero-order valence-electron chi connectivity index (χ0n) is 13.2. The van der Waals surface area contributed by atoms with E-state index < -0.39 is 5.91 Å². The second-order valence-electron chi connectivity index (χ2n) is 5.31. The molecule has 0 aromatic heterocycles. The number of primary amides is 1. The highest BCUT2D eigenvalue weighted by Gasteiger charge is 2.10. The Morgan fingerprint density at radius 3 is 2.29 bits per heavy atom. The molecule has 0 unspecified atom stereocenters. The number of anilines is 1. The minimum atomic E-state index is -0.519. The van der Waals surface area contributed by atoms with Gasteiger partial charge in [0.15, 0.2) is 5.96 Å². The highest BCUT2D eigenvalue weighted by Crippen LogP contribution is 2.14. The van der Waals surface area contributed by atoms with E-state index in [1.807, 2.05) is 12.1 Å². The van der Waals surface area contributed by atoms with Gasteiger partial charge in [0.05, 0.1) is 0 Å². The quantitative estimate of drug-likeness (QED) is 0.419. The highest BCUT2D eigenvalue weighted by molar-refractivity contribution is 6.05. The molecule has 0 heterocycles. The Morgan fingerprint density at radius 2 is 1.75 bits per heavy atom. The minimum Gasteiger partial charge on any atom is -0.370 e. The van der Waals surface area contributed by atoms with Crippen LogP contribution in [0.25, 0.3) is 0 Å². The molecule has 0 bridgehead atoms. The van der Waals surface area contributed by atoms with Gasteiger partial charge in [0.2, 0.25) is 5.91 Å². The molecule has 7 heteroatoms. The van der Waals surface area contributed by atoms with Crippen molar-refractivity contribution >= 4 is 23.5 Å². The van der Waals surface area contributed by atoms with E-state index in [1.165, 1.54) is 0 Å². The van der Waals surface area contributed by atoms with Crippen molar-refractivity contribution in [2.24, 2.45) is 11.5 Å². The fourth-order valence-electron chi connectivity index (χ4n) is 2.19. The van der Waals surface area contributed by atoms with E-state index in [4.69, 9.17) is 16.9 Å². The van der Waals surface area contributed by atoms with Crippen LogP contribution >= 0.6 is 0 Å². The van der Waals surface area contributed by atoms with Gasteiger partial charge in [0, 0.05) is 23.4 Å². The van der Waals surface area contributed by atoms with Crippen LogP contribution in [0.5, 0.6) is 0 Å². The first-order valence-corrected chi connectivity index (χ1v) is 7.25. The Morgan fingerprint density at radius 1 is 1.08 bits per heavy atom. The number of benzene rings is 2. The van der Waals surface area contributed by atoms with Gasteiger partial charge in [-0.15, -0.1) is 0 Å². The largest absolute Gasteiger partial charge is 0.370 e. The molecule has 0 saturated carbocycles. The van der Waals surface area contributed by atoms with Crippen LogP contribution in [0.1, 0.15) is 31.8 Å². The summed E-state index contributed by atoms with van der Waals surface area (Å²) in [5.74, 6) is -0.889. The van der Waals surface area contributed by atoms with E-state index in [9.17, 15) is 9.59 Å². The first-order chi connectivity index (χ1) is 11.4. The van der Waals surface area contributed by atoms with E-state index in [0.717, 1.165) is 5.56 Å². The van der Waals surface area contributed by atoms with E-state index in [1.54, 1.807) is 37.3 Å².